The van der Waals surface area contributed by atoms with E-state index in [1.807, 2.05) is 6.92 Å². The predicted molar refractivity (Wildman–Crippen MR) is 134 cm³/mol. The van der Waals surface area contributed by atoms with E-state index in [0.29, 0.717) is 22.1 Å². The standard InChI is InChI=1S/C23H25ClF2N6O4S/c1-13-17(5-14(24)7-27-13)28-9-16-3-4-19(37-16)22(34)31-18(6-20-35-11-23(25,26)12-36-20)21(33)30-15-8-29-32(2)10-15/h3-5,7-8,10,18,20,28H,6,9,11-12H2,1-2H3,(H,30,33)(H,31,34). The summed E-state index contributed by atoms with van der Waals surface area (Å²) in [6, 6.07) is 4.08. The normalized spacial score (nSPS) is 16.2. The highest BCUT2D eigenvalue weighted by atomic mass is 35.5. The maximum absolute atomic E-state index is 13.4. The average molecular weight is 555 g/mol. The number of aryl methyl sites for hydroxylation is 2. The van der Waals surface area contributed by atoms with Crippen LogP contribution in [0.4, 0.5) is 20.2 Å². The number of amides is 2. The largest absolute Gasteiger partial charge is 0.379 e. The lowest BCUT2D eigenvalue weighted by molar-refractivity contribution is -0.269. The fourth-order valence-corrected chi connectivity index (χ4v) is 4.50. The maximum atomic E-state index is 13.4. The molecular weight excluding hydrogens is 530 g/mol. The molecule has 0 saturated carbocycles. The third kappa shape index (κ3) is 7.44. The van der Waals surface area contributed by atoms with Gasteiger partial charge in [0.15, 0.2) is 6.29 Å². The van der Waals surface area contributed by atoms with E-state index >= 15 is 0 Å². The molecule has 0 radical (unpaired) electrons. The summed E-state index contributed by atoms with van der Waals surface area (Å²) < 4.78 is 38.4. The molecule has 10 nitrogen and oxygen atoms in total. The van der Waals surface area contributed by atoms with Crippen LogP contribution in [0, 0.1) is 6.92 Å². The number of rotatable bonds is 9. The molecule has 3 aromatic heterocycles. The van der Waals surface area contributed by atoms with Crippen molar-refractivity contribution in [3.8, 4) is 0 Å². The van der Waals surface area contributed by atoms with Gasteiger partial charge in [0.05, 0.1) is 33.2 Å². The molecule has 1 fully saturated rings. The van der Waals surface area contributed by atoms with Crippen LogP contribution in [0.25, 0.3) is 0 Å². The average Bonchev–Trinajstić information content (AvgIpc) is 3.49. The van der Waals surface area contributed by atoms with Crippen LogP contribution in [-0.2, 0) is 27.9 Å². The molecule has 0 aliphatic carbocycles. The number of nitrogens with zero attached hydrogens (tertiary/aromatic N) is 3. The summed E-state index contributed by atoms with van der Waals surface area (Å²) in [4.78, 5) is 31.4. The van der Waals surface area contributed by atoms with Gasteiger partial charge in [-0.2, -0.15) is 5.10 Å². The van der Waals surface area contributed by atoms with Gasteiger partial charge in [0, 0.05) is 37.3 Å². The Labute approximate surface area is 220 Å². The van der Waals surface area contributed by atoms with Gasteiger partial charge in [-0.15, -0.1) is 11.3 Å². The van der Waals surface area contributed by atoms with Crippen LogP contribution in [-0.4, -0.2) is 58.0 Å². The van der Waals surface area contributed by atoms with Crippen molar-refractivity contribution in [1.29, 1.82) is 0 Å². The van der Waals surface area contributed by atoms with E-state index in [2.05, 4.69) is 26.0 Å². The number of pyridine rings is 1. The summed E-state index contributed by atoms with van der Waals surface area (Å²) in [6.07, 6.45) is 3.35. The molecule has 4 heterocycles. The van der Waals surface area contributed by atoms with Gasteiger partial charge in [0.1, 0.15) is 19.3 Å². The van der Waals surface area contributed by atoms with Crippen molar-refractivity contribution in [3.05, 3.63) is 57.3 Å². The molecule has 37 heavy (non-hydrogen) atoms. The molecule has 0 bridgehead atoms. The number of ether oxygens (including phenoxy) is 2. The Balaban J connectivity index is 1.41. The first-order valence-electron chi connectivity index (χ1n) is 11.2. The van der Waals surface area contributed by atoms with E-state index in [9.17, 15) is 18.4 Å². The molecule has 1 unspecified atom stereocenters. The second kappa shape index (κ2) is 11.5. The van der Waals surface area contributed by atoms with Crippen molar-refractivity contribution in [2.24, 2.45) is 7.05 Å². The minimum absolute atomic E-state index is 0.158. The Morgan fingerprint density at radius 1 is 1.30 bits per heavy atom. The summed E-state index contributed by atoms with van der Waals surface area (Å²) in [7, 11) is 1.69. The lowest BCUT2D eigenvalue weighted by Crippen LogP contribution is -2.49. The first kappa shape index (κ1) is 26.9. The van der Waals surface area contributed by atoms with Gasteiger partial charge in [-0.05, 0) is 25.1 Å². The number of carbonyl (C=O) groups excluding carboxylic acids is 2. The number of hydrogen-bond donors (Lipinski definition) is 3. The number of halogens is 3. The number of anilines is 2. The van der Waals surface area contributed by atoms with Gasteiger partial charge in [-0.3, -0.25) is 19.3 Å². The van der Waals surface area contributed by atoms with E-state index in [-0.39, 0.29) is 6.42 Å². The Hall–Kier alpha value is -3.13. The fraction of sp³-hybridized carbons (Fsp3) is 0.391. The lowest BCUT2D eigenvalue weighted by atomic mass is 10.1. The molecule has 1 aliphatic rings. The van der Waals surface area contributed by atoms with Crippen molar-refractivity contribution in [1.82, 2.24) is 20.1 Å². The Kier molecular flexibility index (Phi) is 8.37. The van der Waals surface area contributed by atoms with Crippen molar-refractivity contribution in [2.75, 3.05) is 23.8 Å². The Morgan fingerprint density at radius 2 is 2.05 bits per heavy atom. The van der Waals surface area contributed by atoms with Gasteiger partial charge in [-0.25, -0.2) is 8.78 Å². The molecular formula is C23H25ClF2N6O4S. The van der Waals surface area contributed by atoms with Crippen LogP contribution in [0.3, 0.4) is 0 Å². The SMILES string of the molecule is Cc1ncc(Cl)cc1NCc1ccc(C(=O)NC(CC2OCC(F)(F)CO2)C(=O)Nc2cnn(C)c2)s1. The van der Waals surface area contributed by atoms with Crippen molar-refractivity contribution < 1.29 is 27.8 Å². The zero-order chi connectivity index (χ0) is 26.6. The lowest BCUT2D eigenvalue weighted by Gasteiger charge is -2.31. The van der Waals surface area contributed by atoms with Gasteiger partial charge in [-0.1, -0.05) is 11.6 Å². The van der Waals surface area contributed by atoms with Crippen LogP contribution >= 0.6 is 22.9 Å². The van der Waals surface area contributed by atoms with Crippen LogP contribution in [0.15, 0.2) is 36.8 Å². The summed E-state index contributed by atoms with van der Waals surface area (Å²) in [5.74, 6) is -4.16. The van der Waals surface area contributed by atoms with E-state index in [0.717, 1.165) is 16.3 Å². The van der Waals surface area contributed by atoms with E-state index < -0.39 is 43.3 Å². The molecule has 3 aromatic rings. The van der Waals surface area contributed by atoms with Crippen LogP contribution < -0.4 is 16.0 Å². The first-order valence-corrected chi connectivity index (χ1v) is 12.4. The highest BCUT2D eigenvalue weighted by Gasteiger charge is 2.38. The number of nitrogens with one attached hydrogen (secondary N) is 3. The molecule has 0 spiro atoms. The summed E-state index contributed by atoms with van der Waals surface area (Å²) >= 11 is 7.25. The third-order valence-electron chi connectivity index (χ3n) is 5.38. The number of alkyl halides is 2. The molecule has 198 valence electrons. The van der Waals surface area contributed by atoms with E-state index in [1.165, 1.54) is 22.2 Å². The van der Waals surface area contributed by atoms with Gasteiger partial charge in [0.25, 0.3) is 11.8 Å². The minimum atomic E-state index is -3.10. The second-order valence-electron chi connectivity index (χ2n) is 8.47. The highest BCUT2D eigenvalue weighted by Crippen LogP contribution is 2.25. The first-order chi connectivity index (χ1) is 17.6. The van der Waals surface area contributed by atoms with Crippen molar-refractivity contribution in [3.63, 3.8) is 0 Å². The Bertz CT molecular complexity index is 1260. The zero-order valence-electron chi connectivity index (χ0n) is 20.0. The number of hydrogen-bond acceptors (Lipinski definition) is 8. The Morgan fingerprint density at radius 3 is 2.76 bits per heavy atom. The van der Waals surface area contributed by atoms with Gasteiger partial charge >= 0.3 is 0 Å². The highest BCUT2D eigenvalue weighted by molar-refractivity contribution is 7.14. The number of carbonyl (C=O) groups is 2. The molecule has 14 heteroatoms. The van der Waals surface area contributed by atoms with Crippen LogP contribution in [0.2, 0.25) is 5.02 Å². The zero-order valence-corrected chi connectivity index (χ0v) is 21.5. The molecule has 2 amide bonds. The quantitative estimate of drug-likeness (QED) is 0.370. The molecule has 1 saturated heterocycles. The summed E-state index contributed by atoms with van der Waals surface area (Å²) in [5.41, 5.74) is 1.97. The second-order valence-corrected chi connectivity index (χ2v) is 10.1. The summed E-state index contributed by atoms with van der Waals surface area (Å²) in [5, 5.41) is 13.1. The molecule has 3 N–H and O–H groups in total. The minimum Gasteiger partial charge on any atom is -0.379 e. The van der Waals surface area contributed by atoms with E-state index in [4.69, 9.17) is 21.1 Å². The van der Waals surface area contributed by atoms with E-state index in [1.54, 1.807) is 37.6 Å². The van der Waals surface area contributed by atoms with Gasteiger partial charge < -0.3 is 25.4 Å². The third-order valence-corrected chi connectivity index (χ3v) is 6.67. The topological polar surface area (TPSA) is 119 Å². The van der Waals surface area contributed by atoms with Gasteiger partial charge in [0.2, 0.25) is 5.91 Å². The predicted octanol–water partition coefficient (Wildman–Crippen LogP) is 3.59. The van der Waals surface area contributed by atoms with Crippen LogP contribution in [0.5, 0.6) is 0 Å². The number of aromatic nitrogens is 3. The molecule has 0 aromatic carbocycles. The summed E-state index contributed by atoms with van der Waals surface area (Å²) in [6.45, 7) is 0.629. The smallest absolute Gasteiger partial charge is 0.293 e. The van der Waals surface area contributed by atoms with Crippen molar-refractivity contribution in [2.45, 2.75) is 38.1 Å². The van der Waals surface area contributed by atoms with Crippen LogP contribution in [0.1, 0.15) is 26.7 Å². The fourth-order valence-electron chi connectivity index (χ4n) is 3.49. The van der Waals surface area contributed by atoms with Crippen molar-refractivity contribution >= 4 is 46.1 Å². The number of thiophene rings is 1. The molecule has 4 rings (SSSR count). The monoisotopic (exact) mass is 554 g/mol. The maximum Gasteiger partial charge on any atom is 0.293 e. The molecule has 1 aliphatic heterocycles. The molecule has 1 atom stereocenters.